The van der Waals surface area contributed by atoms with Crippen molar-refractivity contribution in [2.45, 2.75) is 5.03 Å². The number of nitrogens with one attached hydrogen (secondary N) is 1. The second kappa shape index (κ2) is 8.74. The van der Waals surface area contributed by atoms with Gasteiger partial charge in [-0.25, -0.2) is 4.98 Å². The number of nitrogens with zero attached hydrogens (tertiary/aromatic N) is 1. The summed E-state index contributed by atoms with van der Waals surface area (Å²) in [7, 11) is 0. The van der Waals surface area contributed by atoms with Gasteiger partial charge in [0.15, 0.2) is 0 Å². The number of ether oxygens (including phenoxy) is 1. The molecule has 128 valence electrons. The first kappa shape index (κ1) is 17.6. The van der Waals surface area contributed by atoms with Gasteiger partial charge in [0.25, 0.3) is 0 Å². The van der Waals surface area contributed by atoms with Crippen LogP contribution in [0.2, 0.25) is 5.02 Å². The van der Waals surface area contributed by atoms with Gasteiger partial charge in [-0.1, -0.05) is 47.6 Å². The van der Waals surface area contributed by atoms with E-state index in [1.807, 2.05) is 36.4 Å². The van der Waals surface area contributed by atoms with E-state index >= 15 is 0 Å². The van der Waals surface area contributed by atoms with Gasteiger partial charge in [0.1, 0.15) is 12.4 Å². The smallest absolute Gasteiger partial charge is 0.230 e. The van der Waals surface area contributed by atoms with E-state index in [2.05, 4.69) is 10.3 Å². The Morgan fingerprint density at radius 2 is 1.88 bits per heavy atom. The second-order valence-electron chi connectivity index (χ2n) is 5.28. The van der Waals surface area contributed by atoms with Gasteiger partial charge < -0.3 is 10.1 Å². The zero-order valence-electron chi connectivity index (χ0n) is 13.4. The summed E-state index contributed by atoms with van der Waals surface area (Å²) >= 11 is 7.23. The zero-order valence-corrected chi connectivity index (χ0v) is 15.0. The number of carbonyl (C=O) groups excluding carboxylic acids is 1. The quantitative estimate of drug-likeness (QED) is 0.499. The van der Waals surface area contributed by atoms with Gasteiger partial charge in [-0.2, -0.15) is 0 Å². The second-order valence-corrected chi connectivity index (χ2v) is 6.72. The lowest BCUT2D eigenvalue weighted by Crippen LogP contribution is -2.29. The van der Waals surface area contributed by atoms with Gasteiger partial charge in [-0.15, -0.1) is 0 Å². The van der Waals surface area contributed by atoms with Crippen LogP contribution in [0.25, 0.3) is 10.9 Å². The first-order valence-electron chi connectivity index (χ1n) is 7.84. The number of aromatic nitrogens is 1. The van der Waals surface area contributed by atoms with Crippen LogP contribution in [0.3, 0.4) is 0 Å². The molecule has 2 aromatic carbocycles. The number of halogens is 1. The Hall–Kier alpha value is -2.24. The van der Waals surface area contributed by atoms with Crippen LogP contribution in [0, 0.1) is 0 Å². The molecule has 0 bridgehead atoms. The van der Waals surface area contributed by atoms with Gasteiger partial charge in [-0.3, -0.25) is 4.79 Å². The van der Waals surface area contributed by atoms with E-state index in [1.165, 1.54) is 11.8 Å². The summed E-state index contributed by atoms with van der Waals surface area (Å²) in [6.45, 7) is 0.861. The summed E-state index contributed by atoms with van der Waals surface area (Å²) in [6, 6.07) is 19.0. The van der Waals surface area contributed by atoms with E-state index in [0.717, 1.165) is 21.7 Å². The number of para-hydroxylation sites is 1. The Morgan fingerprint density at radius 3 is 2.72 bits per heavy atom. The number of benzene rings is 2. The molecule has 3 aromatic rings. The van der Waals surface area contributed by atoms with Crippen molar-refractivity contribution in [3.05, 3.63) is 65.7 Å². The van der Waals surface area contributed by atoms with Gasteiger partial charge in [-0.05, 0) is 36.4 Å². The highest BCUT2D eigenvalue weighted by molar-refractivity contribution is 7.99. The lowest BCUT2D eigenvalue weighted by molar-refractivity contribution is -0.118. The lowest BCUT2D eigenvalue weighted by atomic mass is 10.2. The van der Waals surface area contributed by atoms with Crippen molar-refractivity contribution in [2.24, 2.45) is 0 Å². The molecule has 0 aliphatic carbocycles. The van der Waals surface area contributed by atoms with E-state index in [-0.39, 0.29) is 5.91 Å². The van der Waals surface area contributed by atoms with E-state index in [9.17, 15) is 4.79 Å². The van der Waals surface area contributed by atoms with Gasteiger partial charge in [0, 0.05) is 10.4 Å². The highest BCUT2D eigenvalue weighted by Crippen LogP contribution is 2.19. The summed E-state index contributed by atoms with van der Waals surface area (Å²) in [5.74, 6) is 1.01. The van der Waals surface area contributed by atoms with Crippen LogP contribution >= 0.6 is 23.4 Å². The summed E-state index contributed by atoms with van der Waals surface area (Å²) < 4.78 is 5.53. The maximum atomic E-state index is 11.9. The molecule has 1 heterocycles. The van der Waals surface area contributed by atoms with Crippen molar-refractivity contribution < 1.29 is 9.53 Å². The average molecular weight is 373 g/mol. The molecule has 1 aromatic heterocycles. The van der Waals surface area contributed by atoms with Crippen LogP contribution in [0.4, 0.5) is 0 Å². The lowest BCUT2D eigenvalue weighted by Gasteiger charge is -2.08. The van der Waals surface area contributed by atoms with Gasteiger partial charge in [0.05, 0.1) is 22.8 Å². The predicted octanol–water partition coefficient (Wildman–Crippen LogP) is 4.18. The molecular formula is C19H17ClN2O2S. The number of pyridine rings is 1. The maximum Gasteiger partial charge on any atom is 0.230 e. The fraction of sp³-hybridized carbons (Fsp3) is 0.158. The third kappa shape index (κ3) is 5.37. The fourth-order valence-electron chi connectivity index (χ4n) is 2.21. The normalized spacial score (nSPS) is 10.6. The third-order valence-corrected chi connectivity index (χ3v) is 4.61. The number of thioether (sulfide) groups is 1. The summed E-state index contributed by atoms with van der Waals surface area (Å²) in [6.07, 6.45) is 0. The minimum Gasteiger partial charge on any atom is -0.492 e. The molecule has 0 aliphatic rings. The summed E-state index contributed by atoms with van der Waals surface area (Å²) in [5.41, 5.74) is 0.935. The predicted molar refractivity (Wildman–Crippen MR) is 102 cm³/mol. The van der Waals surface area contributed by atoms with Gasteiger partial charge >= 0.3 is 0 Å². The minimum atomic E-state index is -0.0420. The van der Waals surface area contributed by atoms with Crippen LogP contribution < -0.4 is 10.1 Å². The molecule has 1 N–H and O–H groups in total. The van der Waals surface area contributed by atoms with Crippen LogP contribution in [-0.4, -0.2) is 29.8 Å². The summed E-state index contributed by atoms with van der Waals surface area (Å²) in [4.78, 5) is 16.4. The SMILES string of the molecule is O=C(CSc1ccc2ccccc2n1)NCCOc1ccc(Cl)cc1. The van der Waals surface area contributed by atoms with Crippen LogP contribution in [-0.2, 0) is 4.79 Å². The van der Waals surface area contributed by atoms with E-state index in [1.54, 1.807) is 24.3 Å². The molecule has 6 heteroatoms. The monoisotopic (exact) mass is 372 g/mol. The number of fused-ring (bicyclic) bond motifs is 1. The largest absolute Gasteiger partial charge is 0.492 e. The first-order valence-corrected chi connectivity index (χ1v) is 9.21. The third-order valence-electron chi connectivity index (χ3n) is 3.43. The molecule has 4 nitrogen and oxygen atoms in total. The molecule has 0 radical (unpaired) electrons. The van der Waals surface area contributed by atoms with Crippen LogP contribution in [0.5, 0.6) is 5.75 Å². The molecule has 0 fully saturated rings. The molecule has 0 saturated heterocycles. The molecule has 0 spiro atoms. The van der Waals surface area contributed by atoms with Crippen molar-refractivity contribution in [3.63, 3.8) is 0 Å². The van der Waals surface area contributed by atoms with Crippen molar-refractivity contribution in [3.8, 4) is 5.75 Å². The Balaban J connectivity index is 1.39. The van der Waals surface area contributed by atoms with Gasteiger partial charge in [0.2, 0.25) is 5.91 Å². The number of hydrogen-bond donors (Lipinski definition) is 1. The molecule has 1 amide bonds. The fourth-order valence-corrected chi connectivity index (χ4v) is 3.04. The molecule has 25 heavy (non-hydrogen) atoms. The maximum absolute atomic E-state index is 11.9. The molecular weight excluding hydrogens is 356 g/mol. The zero-order chi connectivity index (χ0) is 17.5. The molecule has 0 unspecified atom stereocenters. The Bertz CT molecular complexity index is 855. The van der Waals surface area contributed by atoms with E-state index < -0.39 is 0 Å². The minimum absolute atomic E-state index is 0.0420. The Morgan fingerprint density at radius 1 is 1.08 bits per heavy atom. The molecule has 0 saturated carbocycles. The number of amides is 1. The first-order chi connectivity index (χ1) is 12.2. The Kier molecular flexibility index (Phi) is 6.14. The van der Waals surface area contributed by atoms with Crippen molar-refractivity contribution in [1.29, 1.82) is 0 Å². The van der Waals surface area contributed by atoms with E-state index in [0.29, 0.717) is 23.9 Å². The average Bonchev–Trinajstić information content (AvgIpc) is 2.65. The van der Waals surface area contributed by atoms with E-state index in [4.69, 9.17) is 16.3 Å². The van der Waals surface area contributed by atoms with Crippen molar-refractivity contribution >= 4 is 40.2 Å². The van der Waals surface area contributed by atoms with Crippen molar-refractivity contribution in [2.75, 3.05) is 18.9 Å². The molecule has 3 rings (SSSR count). The summed E-state index contributed by atoms with van der Waals surface area (Å²) in [5, 5.41) is 5.43. The van der Waals surface area contributed by atoms with Crippen LogP contribution in [0.1, 0.15) is 0 Å². The number of hydrogen-bond acceptors (Lipinski definition) is 4. The topological polar surface area (TPSA) is 51.2 Å². The van der Waals surface area contributed by atoms with Crippen LogP contribution in [0.15, 0.2) is 65.7 Å². The molecule has 0 aliphatic heterocycles. The van der Waals surface area contributed by atoms with Crippen molar-refractivity contribution in [1.82, 2.24) is 10.3 Å². The standard InChI is InChI=1S/C19H17ClN2O2S/c20-15-6-8-16(9-7-15)24-12-11-21-18(23)13-25-19-10-5-14-3-1-2-4-17(14)22-19/h1-10H,11-13H2,(H,21,23). The molecule has 0 atom stereocenters. The Labute approximate surface area is 155 Å². The highest BCUT2D eigenvalue weighted by Gasteiger charge is 2.04. The highest BCUT2D eigenvalue weighted by atomic mass is 35.5. The number of rotatable bonds is 7. The number of carbonyl (C=O) groups is 1.